The van der Waals surface area contributed by atoms with E-state index in [2.05, 4.69) is 19.2 Å². The van der Waals surface area contributed by atoms with Crippen LogP contribution in [0.1, 0.15) is 64.0 Å². The number of nitrogens with one attached hydrogen (secondary N) is 1. The Morgan fingerprint density at radius 2 is 1.73 bits per heavy atom. The SMILES string of the molecule is CCC1(CC)CC(NC(=O)CCN2C(=O)[C@H]3CC=CC[C@H]3C2=O)c2ccccc2O1. The van der Waals surface area contributed by atoms with E-state index < -0.39 is 0 Å². The second kappa shape index (κ2) is 8.25. The van der Waals surface area contributed by atoms with Gasteiger partial charge in [0, 0.05) is 24.9 Å². The number of carbonyl (C=O) groups is 3. The fraction of sp³-hybridized carbons (Fsp3) is 0.542. The number of ether oxygens (including phenoxy) is 1. The smallest absolute Gasteiger partial charge is 0.233 e. The van der Waals surface area contributed by atoms with Crippen molar-refractivity contribution in [1.29, 1.82) is 0 Å². The summed E-state index contributed by atoms with van der Waals surface area (Å²) in [5, 5.41) is 3.13. The first kappa shape index (κ1) is 20.6. The highest BCUT2D eigenvalue weighted by atomic mass is 16.5. The van der Waals surface area contributed by atoms with E-state index in [0.717, 1.165) is 24.2 Å². The van der Waals surface area contributed by atoms with E-state index in [1.54, 1.807) is 0 Å². The number of para-hydroxylation sites is 1. The zero-order valence-corrected chi connectivity index (χ0v) is 17.7. The number of amides is 3. The molecule has 1 aromatic rings. The van der Waals surface area contributed by atoms with Gasteiger partial charge in [-0.2, -0.15) is 0 Å². The minimum Gasteiger partial charge on any atom is -0.487 e. The predicted molar refractivity (Wildman–Crippen MR) is 113 cm³/mol. The summed E-state index contributed by atoms with van der Waals surface area (Å²) in [5.74, 6) is -0.0833. The molecule has 30 heavy (non-hydrogen) atoms. The van der Waals surface area contributed by atoms with Gasteiger partial charge in [0.1, 0.15) is 11.4 Å². The van der Waals surface area contributed by atoms with Crippen LogP contribution in [-0.2, 0) is 14.4 Å². The normalized spacial score (nSPS) is 26.7. The van der Waals surface area contributed by atoms with Crippen LogP contribution in [0.15, 0.2) is 36.4 Å². The lowest BCUT2D eigenvalue weighted by molar-refractivity contribution is -0.140. The van der Waals surface area contributed by atoms with Crippen LogP contribution in [0.25, 0.3) is 0 Å². The predicted octanol–water partition coefficient (Wildman–Crippen LogP) is 3.53. The van der Waals surface area contributed by atoms with Crippen molar-refractivity contribution in [3.05, 3.63) is 42.0 Å². The lowest BCUT2D eigenvalue weighted by Crippen LogP contribution is -2.45. The van der Waals surface area contributed by atoms with Crippen LogP contribution < -0.4 is 10.1 Å². The Hall–Kier alpha value is -2.63. The molecule has 6 nitrogen and oxygen atoms in total. The van der Waals surface area contributed by atoms with Crippen molar-refractivity contribution in [1.82, 2.24) is 10.2 Å². The molecule has 1 aromatic carbocycles. The van der Waals surface area contributed by atoms with Gasteiger partial charge in [-0.1, -0.05) is 44.2 Å². The number of hydrogen-bond donors (Lipinski definition) is 1. The van der Waals surface area contributed by atoms with Crippen molar-refractivity contribution in [2.24, 2.45) is 11.8 Å². The molecule has 3 amide bonds. The summed E-state index contributed by atoms with van der Waals surface area (Å²) in [5.41, 5.74) is 0.685. The Kier molecular flexibility index (Phi) is 5.67. The highest BCUT2D eigenvalue weighted by Crippen LogP contribution is 2.42. The van der Waals surface area contributed by atoms with E-state index in [0.29, 0.717) is 19.3 Å². The Morgan fingerprint density at radius 3 is 2.37 bits per heavy atom. The molecule has 1 saturated heterocycles. The minimum atomic E-state index is -0.296. The van der Waals surface area contributed by atoms with E-state index in [1.807, 2.05) is 36.4 Å². The van der Waals surface area contributed by atoms with Crippen molar-refractivity contribution < 1.29 is 19.1 Å². The van der Waals surface area contributed by atoms with Crippen molar-refractivity contribution in [3.8, 4) is 5.75 Å². The van der Waals surface area contributed by atoms with E-state index in [4.69, 9.17) is 4.74 Å². The lowest BCUT2D eigenvalue weighted by atomic mass is 9.83. The molecule has 0 spiro atoms. The zero-order valence-electron chi connectivity index (χ0n) is 17.7. The fourth-order valence-electron chi connectivity index (χ4n) is 5.00. The molecule has 0 saturated carbocycles. The molecule has 0 radical (unpaired) electrons. The first-order chi connectivity index (χ1) is 14.5. The van der Waals surface area contributed by atoms with Gasteiger partial charge in [0.05, 0.1) is 17.9 Å². The van der Waals surface area contributed by atoms with E-state index in [-0.39, 0.29) is 54.2 Å². The first-order valence-corrected chi connectivity index (χ1v) is 11.1. The molecule has 3 atom stereocenters. The Morgan fingerprint density at radius 1 is 1.10 bits per heavy atom. The fourth-order valence-corrected chi connectivity index (χ4v) is 5.00. The van der Waals surface area contributed by atoms with Gasteiger partial charge in [0.15, 0.2) is 0 Å². The van der Waals surface area contributed by atoms with Gasteiger partial charge in [0.25, 0.3) is 0 Å². The Labute approximate surface area is 177 Å². The van der Waals surface area contributed by atoms with Crippen molar-refractivity contribution >= 4 is 17.7 Å². The molecule has 1 fully saturated rings. The van der Waals surface area contributed by atoms with Crippen LogP contribution in [0.3, 0.4) is 0 Å². The maximum absolute atomic E-state index is 12.8. The van der Waals surface area contributed by atoms with Gasteiger partial charge < -0.3 is 10.1 Å². The third-order valence-corrected chi connectivity index (χ3v) is 6.98. The molecule has 0 aromatic heterocycles. The summed E-state index contributed by atoms with van der Waals surface area (Å²) in [7, 11) is 0. The highest BCUT2D eigenvalue weighted by Gasteiger charge is 2.47. The number of carbonyl (C=O) groups excluding carboxylic acids is 3. The second-order valence-electron chi connectivity index (χ2n) is 8.59. The second-order valence-corrected chi connectivity index (χ2v) is 8.59. The van der Waals surface area contributed by atoms with Gasteiger partial charge >= 0.3 is 0 Å². The third kappa shape index (κ3) is 3.64. The van der Waals surface area contributed by atoms with Gasteiger partial charge in [-0.3, -0.25) is 19.3 Å². The molecule has 4 rings (SSSR count). The summed E-state index contributed by atoms with van der Waals surface area (Å²) < 4.78 is 6.30. The van der Waals surface area contributed by atoms with E-state index in [9.17, 15) is 14.4 Å². The Bertz CT molecular complexity index is 848. The lowest BCUT2D eigenvalue weighted by Gasteiger charge is -2.41. The molecule has 160 valence electrons. The van der Waals surface area contributed by atoms with Crippen molar-refractivity contribution in [2.75, 3.05) is 6.54 Å². The third-order valence-electron chi connectivity index (χ3n) is 6.98. The maximum Gasteiger partial charge on any atom is 0.233 e. The van der Waals surface area contributed by atoms with Crippen molar-refractivity contribution in [3.63, 3.8) is 0 Å². The molecule has 1 aliphatic carbocycles. The summed E-state index contributed by atoms with van der Waals surface area (Å²) in [4.78, 5) is 39.3. The van der Waals surface area contributed by atoms with Gasteiger partial charge in [-0.25, -0.2) is 0 Å². The zero-order chi connectivity index (χ0) is 21.3. The van der Waals surface area contributed by atoms with Crippen LogP contribution in [-0.4, -0.2) is 34.8 Å². The Balaban J connectivity index is 1.41. The minimum absolute atomic E-state index is 0.120. The summed E-state index contributed by atoms with van der Waals surface area (Å²) in [6, 6.07) is 7.69. The number of likely N-dealkylation sites (tertiary alicyclic amines) is 1. The molecule has 1 unspecified atom stereocenters. The number of imide groups is 1. The standard InChI is InChI=1S/C24H30N2O4/c1-3-24(4-2)15-19(18-11-7-8-12-20(18)30-24)25-21(27)13-14-26-22(28)16-9-5-6-10-17(16)23(26)29/h5-8,11-12,16-17,19H,3-4,9-10,13-15H2,1-2H3,(H,25,27)/t16-,17+,19?. The largest absolute Gasteiger partial charge is 0.487 e. The van der Waals surface area contributed by atoms with E-state index >= 15 is 0 Å². The van der Waals surface area contributed by atoms with Gasteiger partial charge in [-0.05, 0) is 31.7 Å². The summed E-state index contributed by atoms with van der Waals surface area (Å²) >= 11 is 0. The summed E-state index contributed by atoms with van der Waals surface area (Å²) in [6.45, 7) is 4.36. The maximum atomic E-state index is 12.8. The first-order valence-electron chi connectivity index (χ1n) is 11.1. The number of rotatable bonds is 6. The number of hydrogen-bond acceptors (Lipinski definition) is 4. The van der Waals surface area contributed by atoms with Crippen LogP contribution in [0.5, 0.6) is 5.75 Å². The van der Waals surface area contributed by atoms with Gasteiger partial charge in [-0.15, -0.1) is 0 Å². The number of fused-ring (bicyclic) bond motifs is 2. The molecule has 1 N–H and O–H groups in total. The monoisotopic (exact) mass is 410 g/mol. The molecular weight excluding hydrogens is 380 g/mol. The molecule has 2 aliphatic heterocycles. The van der Waals surface area contributed by atoms with Crippen LogP contribution in [0.4, 0.5) is 0 Å². The molecule has 3 aliphatic rings. The average Bonchev–Trinajstić information content (AvgIpc) is 3.02. The van der Waals surface area contributed by atoms with Crippen LogP contribution in [0.2, 0.25) is 0 Å². The van der Waals surface area contributed by atoms with Crippen LogP contribution >= 0.6 is 0 Å². The van der Waals surface area contributed by atoms with Crippen LogP contribution in [0, 0.1) is 11.8 Å². The average molecular weight is 411 g/mol. The highest BCUT2D eigenvalue weighted by molar-refractivity contribution is 6.05. The van der Waals surface area contributed by atoms with Gasteiger partial charge in [0.2, 0.25) is 17.7 Å². The molecular formula is C24H30N2O4. The molecule has 6 heteroatoms. The topological polar surface area (TPSA) is 75.7 Å². The number of allylic oxidation sites excluding steroid dienone is 2. The molecule has 0 bridgehead atoms. The van der Waals surface area contributed by atoms with E-state index in [1.165, 1.54) is 4.90 Å². The molecule has 2 heterocycles. The summed E-state index contributed by atoms with van der Waals surface area (Å²) in [6.07, 6.45) is 7.72. The number of benzene rings is 1. The van der Waals surface area contributed by atoms with Crippen molar-refractivity contribution in [2.45, 2.75) is 64.0 Å². The quantitative estimate of drug-likeness (QED) is 0.575. The number of nitrogens with zero attached hydrogens (tertiary/aromatic N) is 1.